The quantitative estimate of drug-likeness (QED) is 0.628. The molecular weight excluding hydrogens is 292 g/mol. The predicted octanol–water partition coefficient (Wildman–Crippen LogP) is 2.87. The van der Waals surface area contributed by atoms with Crippen LogP contribution in [0.25, 0.3) is 0 Å². The number of aliphatic hydroxyl groups is 1. The van der Waals surface area contributed by atoms with Crippen LogP contribution in [0, 0.1) is 10.8 Å². The SMILES string of the molecule is CCOC(=O)C1=C2C=C3C(=O)CC[C@@]3(C)CC[C@@]2(C)C=C[C@H]1O. The molecule has 0 spiro atoms. The van der Waals surface area contributed by atoms with Crippen molar-refractivity contribution in [2.45, 2.75) is 52.6 Å². The maximum Gasteiger partial charge on any atom is 0.337 e. The summed E-state index contributed by atoms with van der Waals surface area (Å²) in [6, 6.07) is 0. The van der Waals surface area contributed by atoms with E-state index in [9.17, 15) is 14.7 Å². The molecule has 3 aliphatic carbocycles. The Bertz CT molecular complexity index is 654. The number of carbonyl (C=O) groups is 2. The summed E-state index contributed by atoms with van der Waals surface area (Å²) in [4.78, 5) is 24.7. The highest BCUT2D eigenvalue weighted by atomic mass is 16.5. The van der Waals surface area contributed by atoms with Gasteiger partial charge in [0, 0.05) is 17.4 Å². The third kappa shape index (κ3) is 2.49. The van der Waals surface area contributed by atoms with Crippen LogP contribution in [0.15, 0.2) is 34.9 Å². The number of hydrogen-bond donors (Lipinski definition) is 1. The molecule has 1 N–H and O–H groups in total. The van der Waals surface area contributed by atoms with E-state index in [-0.39, 0.29) is 28.8 Å². The van der Waals surface area contributed by atoms with Crippen LogP contribution >= 0.6 is 0 Å². The Hall–Kier alpha value is -1.68. The lowest BCUT2D eigenvalue weighted by Gasteiger charge is -2.34. The van der Waals surface area contributed by atoms with Crippen molar-refractivity contribution in [3.05, 3.63) is 34.9 Å². The van der Waals surface area contributed by atoms with Crippen molar-refractivity contribution >= 4 is 11.8 Å². The fourth-order valence-corrected chi connectivity index (χ4v) is 4.05. The third-order valence-corrected chi connectivity index (χ3v) is 5.68. The van der Waals surface area contributed by atoms with Gasteiger partial charge in [-0.3, -0.25) is 4.79 Å². The molecule has 124 valence electrons. The van der Waals surface area contributed by atoms with E-state index in [1.165, 1.54) is 0 Å². The first kappa shape index (κ1) is 16.2. The Morgan fingerprint density at radius 3 is 2.78 bits per heavy atom. The Balaban J connectivity index is 2.20. The van der Waals surface area contributed by atoms with Gasteiger partial charge in [0.2, 0.25) is 0 Å². The van der Waals surface area contributed by atoms with Crippen LogP contribution in [-0.4, -0.2) is 29.6 Å². The number of carbonyl (C=O) groups excluding carboxylic acids is 2. The van der Waals surface area contributed by atoms with Gasteiger partial charge >= 0.3 is 5.97 Å². The number of hydrogen-bond acceptors (Lipinski definition) is 4. The molecule has 3 atom stereocenters. The van der Waals surface area contributed by atoms with Crippen molar-refractivity contribution < 1.29 is 19.4 Å². The molecule has 0 aromatic rings. The van der Waals surface area contributed by atoms with Crippen molar-refractivity contribution in [2.24, 2.45) is 10.8 Å². The number of esters is 1. The molecule has 23 heavy (non-hydrogen) atoms. The van der Waals surface area contributed by atoms with Gasteiger partial charge in [-0.05, 0) is 37.2 Å². The standard InChI is InChI=1S/C19H24O4/c1-4-23-17(22)16-13-11-12-14(20)5-7-18(12,2)9-10-19(13,3)8-6-15(16)21/h6,8,11,15,21H,4-5,7,9-10H2,1-3H3/t15-,18+,19-/m1/s1. The second-order valence-electron chi connectivity index (χ2n) is 7.31. The number of fused-ring (bicyclic) bond motifs is 2. The smallest absolute Gasteiger partial charge is 0.337 e. The van der Waals surface area contributed by atoms with Crippen molar-refractivity contribution in [3.63, 3.8) is 0 Å². The maximum absolute atomic E-state index is 12.4. The molecule has 3 rings (SSSR count). The molecule has 0 bridgehead atoms. The second kappa shape index (κ2) is 5.45. The highest BCUT2D eigenvalue weighted by molar-refractivity contribution is 6.00. The van der Waals surface area contributed by atoms with Gasteiger partial charge in [0.25, 0.3) is 0 Å². The van der Waals surface area contributed by atoms with Gasteiger partial charge in [-0.1, -0.05) is 32.1 Å². The Labute approximate surface area is 136 Å². The summed E-state index contributed by atoms with van der Waals surface area (Å²) in [5.74, 6) is -0.326. The summed E-state index contributed by atoms with van der Waals surface area (Å²) >= 11 is 0. The van der Waals surface area contributed by atoms with Crippen molar-refractivity contribution in [1.82, 2.24) is 0 Å². The lowest BCUT2D eigenvalue weighted by molar-refractivity contribution is -0.139. The molecule has 0 saturated heterocycles. The van der Waals surface area contributed by atoms with Gasteiger partial charge in [-0.15, -0.1) is 0 Å². The molecule has 3 aliphatic rings. The van der Waals surface area contributed by atoms with Crippen LogP contribution in [0.1, 0.15) is 46.5 Å². The van der Waals surface area contributed by atoms with Crippen molar-refractivity contribution in [3.8, 4) is 0 Å². The van der Waals surface area contributed by atoms with Gasteiger partial charge in [-0.25, -0.2) is 4.79 Å². The van der Waals surface area contributed by atoms with Gasteiger partial charge in [0.15, 0.2) is 5.78 Å². The van der Waals surface area contributed by atoms with Gasteiger partial charge in [0.05, 0.1) is 12.2 Å². The highest BCUT2D eigenvalue weighted by Crippen LogP contribution is 2.53. The molecule has 0 aromatic heterocycles. The van der Waals surface area contributed by atoms with Gasteiger partial charge < -0.3 is 9.84 Å². The molecule has 0 heterocycles. The van der Waals surface area contributed by atoms with Crippen LogP contribution in [-0.2, 0) is 14.3 Å². The number of ether oxygens (including phenoxy) is 1. The first-order valence-electron chi connectivity index (χ1n) is 8.35. The van der Waals surface area contributed by atoms with Crippen LogP contribution in [0.3, 0.4) is 0 Å². The molecular formula is C19H24O4. The van der Waals surface area contributed by atoms with Crippen molar-refractivity contribution in [1.29, 1.82) is 0 Å². The second-order valence-corrected chi connectivity index (χ2v) is 7.31. The van der Waals surface area contributed by atoms with E-state index in [1.54, 1.807) is 13.0 Å². The Morgan fingerprint density at radius 2 is 2.09 bits per heavy atom. The predicted molar refractivity (Wildman–Crippen MR) is 86.6 cm³/mol. The third-order valence-electron chi connectivity index (χ3n) is 5.68. The average Bonchev–Trinajstić information content (AvgIpc) is 2.71. The number of Topliss-reactive ketones (excluding diaryl/α,β-unsaturated/α-hetero) is 1. The summed E-state index contributed by atoms with van der Waals surface area (Å²) in [7, 11) is 0. The van der Waals surface area contributed by atoms with E-state index < -0.39 is 12.1 Å². The molecule has 1 fully saturated rings. The summed E-state index contributed by atoms with van der Waals surface area (Å²) in [5.41, 5.74) is 1.37. The largest absolute Gasteiger partial charge is 0.463 e. The zero-order valence-corrected chi connectivity index (χ0v) is 14.0. The minimum Gasteiger partial charge on any atom is -0.463 e. The van der Waals surface area contributed by atoms with E-state index in [2.05, 4.69) is 13.8 Å². The molecule has 0 amide bonds. The number of allylic oxidation sites excluding steroid dienone is 4. The molecule has 4 heteroatoms. The summed E-state index contributed by atoms with van der Waals surface area (Å²) in [5, 5.41) is 10.3. The van der Waals surface area contributed by atoms with Crippen LogP contribution < -0.4 is 0 Å². The molecule has 4 nitrogen and oxygen atoms in total. The monoisotopic (exact) mass is 316 g/mol. The first-order chi connectivity index (χ1) is 10.8. The van der Waals surface area contributed by atoms with E-state index in [0.717, 1.165) is 30.4 Å². The zero-order valence-electron chi connectivity index (χ0n) is 14.0. The number of aliphatic hydroxyl groups excluding tert-OH is 1. The molecule has 0 unspecified atom stereocenters. The summed E-state index contributed by atoms with van der Waals surface area (Å²) in [6.07, 6.45) is 7.72. The maximum atomic E-state index is 12.4. The fourth-order valence-electron chi connectivity index (χ4n) is 4.05. The lowest BCUT2D eigenvalue weighted by atomic mass is 9.71. The lowest BCUT2D eigenvalue weighted by Crippen LogP contribution is -2.30. The summed E-state index contributed by atoms with van der Waals surface area (Å²) < 4.78 is 5.15. The first-order valence-corrected chi connectivity index (χ1v) is 8.35. The van der Waals surface area contributed by atoms with Gasteiger partial charge in [-0.2, -0.15) is 0 Å². The number of rotatable bonds is 2. The molecule has 0 aliphatic heterocycles. The van der Waals surface area contributed by atoms with E-state index in [0.29, 0.717) is 6.42 Å². The summed E-state index contributed by atoms with van der Waals surface area (Å²) in [6.45, 7) is 6.21. The van der Waals surface area contributed by atoms with Gasteiger partial charge in [0.1, 0.15) is 6.10 Å². The Kier molecular flexibility index (Phi) is 3.83. The molecule has 0 aromatic carbocycles. The minimum atomic E-state index is -0.977. The topological polar surface area (TPSA) is 63.6 Å². The fraction of sp³-hybridized carbons (Fsp3) is 0.579. The van der Waals surface area contributed by atoms with Crippen molar-refractivity contribution in [2.75, 3.05) is 6.61 Å². The highest BCUT2D eigenvalue weighted by Gasteiger charge is 2.46. The number of ketones is 1. The van der Waals surface area contributed by atoms with E-state index >= 15 is 0 Å². The molecule has 1 saturated carbocycles. The zero-order chi connectivity index (χ0) is 16.8. The molecule has 0 radical (unpaired) electrons. The average molecular weight is 316 g/mol. The van der Waals surface area contributed by atoms with Crippen LogP contribution in [0.2, 0.25) is 0 Å². The minimum absolute atomic E-state index is 0.122. The van der Waals surface area contributed by atoms with Crippen LogP contribution in [0.5, 0.6) is 0 Å². The van der Waals surface area contributed by atoms with E-state index in [1.807, 2.05) is 12.2 Å². The normalized spacial score (nSPS) is 36.3. The van der Waals surface area contributed by atoms with Crippen LogP contribution in [0.4, 0.5) is 0 Å². The van der Waals surface area contributed by atoms with E-state index in [4.69, 9.17) is 4.74 Å². The Morgan fingerprint density at radius 1 is 1.35 bits per heavy atom.